The molecule has 3 rings (SSSR count). The van der Waals surface area contributed by atoms with Gasteiger partial charge in [-0.15, -0.1) is 11.8 Å². The van der Waals surface area contributed by atoms with Crippen LogP contribution in [0.1, 0.15) is 38.7 Å². The van der Waals surface area contributed by atoms with Gasteiger partial charge < -0.3 is 14.7 Å². The molecule has 1 aliphatic rings. The number of thioether (sulfide) groups is 1. The first kappa shape index (κ1) is 19.5. The molecule has 1 N–H and O–H groups in total. The number of benzene rings is 1. The average molecular weight is 387 g/mol. The number of nitrogens with zero attached hydrogens (tertiary/aromatic N) is 2. The molecule has 1 fully saturated rings. The smallest absolute Gasteiger partial charge is 0.305 e. The van der Waals surface area contributed by atoms with Crippen LogP contribution in [0.25, 0.3) is 0 Å². The number of rotatable bonds is 8. The minimum absolute atomic E-state index is 0.0836. The van der Waals surface area contributed by atoms with E-state index in [4.69, 9.17) is 9.84 Å². The van der Waals surface area contributed by atoms with Crippen molar-refractivity contribution in [1.29, 1.82) is 0 Å². The van der Waals surface area contributed by atoms with Gasteiger partial charge in [0, 0.05) is 35.3 Å². The summed E-state index contributed by atoms with van der Waals surface area (Å²) in [6.07, 6.45) is 3.97. The minimum Gasteiger partial charge on any atom is -0.489 e. The van der Waals surface area contributed by atoms with Crippen molar-refractivity contribution in [2.24, 2.45) is 0 Å². The molecule has 0 spiro atoms. The predicted molar refractivity (Wildman–Crippen MR) is 109 cm³/mol. The van der Waals surface area contributed by atoms with Crippen molar-refractivity contribution in [2.45, 2.75) is 56.0 Å². The topological polar surface area (TPSA) is 62.7 Å². The van der Waals surface area contributed by atoms with Gasteiger partial charge in [0.05, 0.1) is 6.42 Å². The van der Waals surface area contributed by atoms with Crippen molar-refractivity contribution in [3.8, 4) is 5.75 Å². The number of aliphatic carboxylic acids is 1. The van der Waals surface area contributed by atoms with Crippen molar-refractivity contribution < 1.29 is 14.6 Å². The van der Waals surface area contributed by atoms with Crippen molar-refractivity contribution in [3.05, 3.63) is 48.2 Å². The average Bonchev–Trinajstić information content (AvgIpc) is 3.08. The largest absolute Gasteiger partial charge is 0.489 e. The molecule has 0 saturated carbocycles. The SMILES string of the molecule is CC(C)Sc1ncccc1COc1ccc(N2CCC[C@H]2CC(=O)O)cc1. The number of carboxylic acid groups (broad SMARTS) is 1. The van der Waals surface area contributed by atoms with E-state index in [1.165, 1.54) is 0 Å². The van der Waals surface area contributed by atoms with Gasteiger partial charge in [-0.1, -0.05) is 19.9 Å². The molecule has 0 unspecified atom stereocenters. The van der Waals surface area contributed by atoms with E-state index in [-0.39, 0.29) is 12.5 Å². The molecule has 1 saturated heterocycles. The summed E-state index contributed by atoms with van der Waals surface area (Å²) in [7, 11) is 0. The molecule has 0 amide bonds. The number of ether oxygens (including phenoxy) is 1. The molecule has 1 aromatic heterocycles. The molecule has 27 heavy (non-hydrogen) atoms. The first-order valence-corrected chi connectivity index (χ1v) is 10.2. The summed E-state index contributed by atoms with van der Waals surface area (Å²) >= 11 is 1.74. The van der Waals surface area contributed by atoms with Crippen molar-refractivity contribution in [1.82, 2.24) is 4.98 Å². The zero-order chi connectivity index (χ0) is 19.2. The van der Waals surface area contributed by atoms with Gasteiger partial charge in [-0.05, 0) is 43.2 Å². The second-order valence-corrected chi connectivity index (χ2v) is 8.57. The van der Waals surface area contributed by atoms with Crippen LogP contribution < -0.4 is 9.64 Å². The first-order chi connectivity index (χ1) is 13.0. The van der Waals surface area contributed by atoms with E-state index in [0.717, 1.165) is 41.4 Å². The second kappa shape index (κ2) is 9.13. The molecule has 0 radical (unpaired) electrons. The molecule has 144 valence electrons. The fraction of sp³-hybridized carbons (Fsp3) is 0.429. The molecule has 1 aliphatic heterocycles. The van der Waals surface area contributed by atoms with Crippen LogP contribution in [0.3, 0.4) is 0 Å². The summed E-state index contributed by atoms with van der Waals surface area (Å²) in [5.74, 6) is 0.0653. The fourth-order valence-electron chi connectivity index (χ4n) is 3.35. The van der Waals surface area contributed by atoms with Crippen LogP contribution in [0.15, 0.2) is 47.6 Å². The summed E-state index contributed by atoms with van der Waals surface area (Å²) in [5, 5.41) is 10.6. The van der Waals surface area contributed by atoms with Gasteiger partial charge in [-0.3, -0.25) is 4.79 Å². The monoisotopic (exact) mass is 386 g/mol. The van der Waals surface area contributed by atoms with Crippen molar-refractivity contribution in [3.63, 3.8) is 0 Å². The zero-order valence-electron chi connectivity index (χ0n) is 15.8. The lowest BCUT2D eigenvalue weighted by Crippen LogP contribution is -2.31. The maximum absolute atomic E-state index is 11.0. The highest BCUT2D eigenvalue weighted by molar-refractivity contribution is 7.99. The maximum Gasteiger partial charge on any atom is 0.305 e. The molecule has 1 atom stereocenters. The number of hydrogen-bond acceptors (Lipinski definition) is 5. The van der Waals surface area contributed by atoms with E-state index in [0.29, 0.717) is 11.9 Å². The van der Waals surface area contributed by atoms with Crippen LogP contribution in [0, 0.1) is 0 Å². The third-order valence-electron chi connectivity index (χ3n) is 4.55. The number of anilines is 1. The third-order valence-corrected chi connectivity index (χ3v) is 5.61. The molecule has 0 aliphatic carbocycles. The Morgan fingerprint density at radius 2 is 2.11 bits per heavy atom. The Kier molecular flexibility index (Phi) is 6.61. The number of carbonyl (C=O) groups is 1. The highest BCUT2D eigenvalue weighted by Gasteiger charge is 2.26. The lowest BCUT2D eigenvalue weighted by atomic mass is 10.1. The normalized spacial score (nSPS) is 16.7. The van der Waals surface area contributed by atoms with Gasteiger partial charge >= 0.3 is 5.97 Å². The van der Waals surface area contributed by atoms with Crippen molar-refractivity contribution in [2.75, 3.05) is 11.4 Å². The lowest BCUT2D eigenvalue weighted by Gasteiger charge is -2.25. The summed E-state index contributed by atoms with van der Waals surface area (Å²) in [5.41, 5.74) is 2.14. The molecular weight excluding hydrogens is 360 g/mol. The van der Waals surface area contributed by atoms with Crippen LogP contribution in [-0.2, 0) is 11.4 Å². The Morgan fingerprint density at radius 1 is 1.33 bits per heavy atom. The van der Waals surface area contributed by atoms with Gasteiger partial charge in [0.2, 0.25) is 0 Å². The Balaban J connectivity index is 1.62. The summed E-state index contributed by atoms with van der Waals surface area (Å²) in [6.45, 7) is 5.69. The Bertz CT molecular complexity index is 764. The molecule has 2 aromatic rings. The molecular formula is C21H26N2O3S. The maximum atomic E-state index is 11.0. The molecule has 5 nitrogen and oxygen atoms in total. The standard InChI is InChI=1S/C21H26N2O3S/c1-15(2)27-21-16(5-3-11-22-21)14-26-19-9-7-17(8-10-19)23-12-4-6-18(23)13-20(24)25/h3,5,7-11,15,18H,4,6,12-14H2,1-2H3,(H,24,25)/t18-/m0/s1. The lowest BCUT2D eigenvalue weighted by molar-refractivity contribution is -0.137. The van der Waals surface area contributed by atoms with E-state index in [1.54, 1.807) is 11.8 Å². The van der Waals surface area contributed by atoms with E-state index in [1.807, 2.05) is 42.6 Å². The summed E-state index contributed by atoms with van der Waals surface area (Å²) < 4.78 is 5.96. The first-order valence-electron chi connectivity index (χ1n) is 9.35. The molecule has 1 aromatic carbocycles. The molecule has 2 heterocycles. The van der Waals surface area contributed by atoms with Crippen LogP contribution in [-0.4, -0.2) is 33.9 Å². The number of carboxylic acids is 1. The van der Waals surface area contributed by atoms with E-state index < -0.39 is 5.97 Å². The Labute approximate surface area is 164 Å². The van der Waals surface area contributed by atoms with Crippen LogP contribution >= 0.6 is 11.8 Å². The van der Waals surface area contributed by atoms with Crippen LogP contribution in [0.5, 0.6) is 5.75 Å². The van der Waals surface area contributed by atoms with Crippen LogP contribution in [0.2, 0.25) is 0 Å². The summed E-state index contributed by atoms with van der Waals surface area (Å²) in [4.78, 5) is 17.7. The minimum atomic E-state index is -0.738. The van der Waals surface area contributed by atoms with E-state index >= 15 is 0 Å². The third kappa shape index (κ3) is 5.39. The molecule has 6 heteroatoms. The highest BCUT2D eigenvalue weighted by atomic mass is 32.2. The van der Waals surface area contributed by atoms with Gasteiger partial charge in [-0.2, -0.15) is 0 Å². The van der Waals surface area contributed by atoms with Gasteiger partial charge in [0.1, 0.15) is 17.4 Å². The summed E-state index contributed by atoms with van der Waals surface area (Å²) in [6, 6.07) is 12.0. The Hall–Kier alpha value is -2.21. The Morgan fingerprint density at radius 3 is 2.81 bits per heavy atom. The van der Waals surface area contributed by atoms with Crippen LogP contribution in [0.4, 0.5) is 5.69 Å². The van der Waals surface area contributed by atoms with Gasteiger partial charge in [0.15, 0.2) is 0 Å². The number of aromatic nitrogens is 1. The van der Waals surface area contributed by atoms with E-state index in [2.05, 4.69) is 23.7 Å². The second-order valence-electron chi connectivity index (χ2n) is 7.00. The quantitative estimate of drug-likeness (QED) is 0.669. The zero-order valence-corrected chi connectivity index (χ0v) is 16.6. The van der Waals surface area contributed by atoms with Gasteiger partial charge in [-0.25, -0.2) is 4.98 Å². The fourth-order valence-corrected chi connectivity index (χ4v) is 4.19. The number of hydrogen-bond donors (Lipinski definition) is 1. The molecule has 0 bridgehead atoms. The van der Waals surface area contributed by atoms with E-state index in [9.17, 15) is 4.79 Å². The van der Waals surface area contributed by atoms with Crippen molar-refractivity contribution >= 4 is 23.4 Å². The number of pyridine rings is 1. The highest BCUT2D eigenvalue weighted by Crippen LogP contribution is 2.30. The predicted octanol–water partition coefficient (Wildman–Crippen LogP) is 4.60. The van der Waals surface area contributed by atoms with Gasteiger partial charge in [0.25, 0.3) is 0 Å².